The number of carbonyl (C=O) groups excluding carboxylic acids is 3. The Kier molecular flexibility index (Phi) is 18.7. The van der Waals surface area contributed by atoms with Crippen LogP contribution in [-0.2, 0) is 14.4 Å². The van der Waals surface area contributed by atoms with Crippen LogP contribution in [0.5, 0.6) is 0 Å². The molecule has 0 aliphatic carbocycles. The second-order valence-corrected chi connectivity index (χ2v) is 8.86. The van der Waals surface area contributed by atoms with Crippen molar-refractivity contribution in [2.75, 3.05) is 19.8 Å². The van der Waals surface area contributed by atoms with E-state index in [1.54, 1.807) is 35.7 Å². The molecule has 6 N–H and O–H groups in total. The smallest absolute Gasteiger partial charge is 0.158 e. The molecule has 0 aliphatic heterocycles. The van der Waals surface area contributed by atoms with Crippen LogP contribution in [0.4, 0.5) is 0 Å². The van der Waals surface area contributed by atoms with Crippen LogP contribution in [0, 0.1) is 0 Å². The van der Waals surface area contributed by atoms with Crippen molar-refractivity contribution in [1.82, 2.24) is 0 Å². The van der Waals surface area contributed by atoms with Gasteiger partial charge in [-0.1, -0.05) is 53.9 Å². The lowest BCUT2D eigenvalue weighted by molar-refractivity contribution is -0.117. The zero-order chi connectivity index (χ0) is 25.8. The lowest BCUT2D eigenvalue weighted by Gasteiger charge is -2.02. The van der Waals surface area contributed by atoms with Crippen LogP contribution in [0.3, 0.4) is 0 Å². The molecule has 0 aromatic heterocycles. The van der Waals surface area contributed by atoms with E-state index in [4.69, 9.17) is 15.3 Å². The molecular weight excluding hydrogens is 463 g/mol. The second-order valence-electron chi connectivity index (χ2n) is 7.07. The summed E-state index contributed by atoms with van der Waals surface area (Å²) in [5.41, 5.74) is 0. The first-order chi connectivity index (χ1) is 16.2. The molecule has 0 saturated heterocycles. The topological polar surface area (TPSA) is 173 Å². The number of ketones is 3. The molecule has 0 aromatic rings. The summed E-state index contributed by atoms with van der Waals surface area (Å²) >= 11 is 0. The minimum atomic E-state index is -1.11. The Morgan fingerprint density at radius 2 is 0.794 bits per heavy atom. The SMILES string of the molecule is O=C(C=CC=CP(C=CC=CC(=O)CC(O)CO)C=CC=CC(=O)CC(O)CO)CC(O)CO. The number of hydrogen-bond donors (Lipinski definition) is 6. The van der Waals surface area contributed by atoms with Gasteiger partial charge in [-0.3, -0.25) is 14.4 Å². The van der Waals surface area contributed by atoms with E-state index in [9.17, 15) is 29.7 Å². The Bertz CT molecular complexity index is 692. The summed E-state index contributed by atoms with van der Waals surface area (Å²) in [5, 5.41) is 54.1. The highest BCUT2D eigenvalue weighted by molar-refractivity contribution is 7.67. The molecule has 0 heterocycles. The van der Waals surface area contributed by atoms with Crippen molar-refractivity contribution >= 4 is 25.3 Å². The van der Waals surface area contributed by atoms with Gasteiger partial charge in [-0.05, 0) is 26.1 Å². The zero-order valence-electron chi connectivity index (χ0n) is 18.8. The maximum Gasteiger partial charge on any atom is 0.158 e. The average Bonchev–Trinajstić information content (AvgIpc) is 2.80. The maximum atomic E-state index is 11.6. The number of aliphatic hydroxyl groups is 6. The molecule has 0 aromatic carbocycles. The highest BCUT2D eigenvalue weighted by Gasteiger charge is 2.07. The summed E-state index contributed by atoms with van der Waals surface area (Å²) in [7, 11) is -1.01. The molecule has 0 rings (SSSR count). The van der Waals surface area contributed by atoms with Crippen molar-refractivity contribution in [3.63, 3.8) is 0 Å². The summed E-state index contributed by atoms with van der Waals surface area (Å²) in [6.45, 7) is -1.50. The molecule has 0 saturated carbocycles. The summed E-state index contributed by atoms with van der Waals surface area (Å²) in [5.74, 6) is 4.31. The van der Waals surface area contributed by atoms with Gasteiger partial charge in [-0.15, -0.1) is 0 Å². The Labute approximate surface area is 200 Å². The molecular formula is C24H33O9P. The first kappa shape index (κ1) is 31.6. The van der Waals surface area contributed by atoms with Crippen molar-refractivity contribution < 1.29 is 45.0 Å². The van der Waals surface area contributed by atoms with Crippen LogP contribution in [0.2, 0.25) is 0 Å². The van der Waals surface area contributed by atoms with Gasteiger partial charge in [-0.2, -0.15) is 0 Å². The van der Waals surface area contributed by atoms with Crippen molar-refractivity contribution in [2.24, 2.45) is 0 Å². The molecule has 3 unspecified atom stereocenters. The third-order valence-corrected chi connectivity index (χ3v) is 5.45. The molecule has 0 spiro atoms. The predicted octanol–water partition coefficient (Wildman–Crippen LogP) is 0.615. The molecule has 0 amide bonds. The highest BCUT2D eigenvalue weighted by atomic mass is 31.1. The maximum absolute atomic E-state index is 11.6. The number of hydrogen-bond acceptors (Lipinski definition) is 9. The predicted molar refractivity (Wildman–Crippen MR) is 130 cm³/mol. The second kappa shape index (κ2) is 20.1. The highest BCUT2D eigenvalue weighted by Crippen LogP contribution is 2.40. The molecule has 10 heteroatoms. The van der Waals surface area contributed by atoms with Crippen LogP contribution < -0.4 is 0 Å². The number of rotatable bonds is 18. The Morgan fingerprint density at radius 3 is 1.03 bits per heavy atom. The van der Waals surface area contributed by atoms with E-state index in [1.165, 1.54) is 36.5 Å². The van der Waals surface area contributed by atoms with Crippen LogP contribution in [0.25, 0.3) is 0 Å². The summed E-state index contributed by atoms with van der Waals surface area (Å²) in [6.07, 6.45) is 9.28. The normalized spacial score (nSPS) is 16.4. The van der Waals surface area contributed by atoms with Gasteiger partial charge in [0.05, 0.1) is 38.1 Å². The third-order valence-electron chi connectivity index (χ3n) is 3.90. The van der Waals surface area contributed by atoms with Gasteiger partial charge >= 0.3 is 0 Å². The van der Waals surface area contributed by atoms with Crippen molar-refractivity contribution in [2.45, 2.75) is 37.6 Å². The molecule has 0 bridgehead atoms. The molecule has 0 radical (unpaired) electrons. The van der Waals surface area contributed by atoms with Gasteiger partial charge in [0.2, 0.25) is 0 Å². The molecule has 0 aliphatic rings. The molecule has 34 heavy (non-hydrogen) atoms. The van der Waals surface area contributed by atoms with Gasteiger partial charge in [0.25, 0.3) is 0 Å². The number of carbonyl (C=O) groups is 3. The molecule has 0 fully saturated rings. The molecule has 188 valence electrons. The van der Waals surface area contributed by atoms with E-state index in [-0.39, 0.29) is 36.6 Å². The Morgan fingerprint density at radius 1 is 0.529 bits per heavy atom. The van der Waals surface area contributed by atoms with E-state index in [1.807, 2.05) is 0 Å². The number of aliphatic hydroxyl groups excluding tert-OH is 6. The monoisotopic (exact) mass is 496 g/mol. The molecule has 9 nitrogen and oxygen atoms in total. The molecule has 3 atom stereocenters. The van der Waals surface area contributed by atoms with Crippen molar-refractivity contribution in [3.05, 3.63) is 72.1 Å². The average molecular weight is 496 g/mol. The quantitative estimate of drug-likeness (QED) is 0.0903. The van der Waals surface area contributed by atoms with E-state index in [0.717, 1.165) is 0 Å². The van der Waals surface area contributed by atoms with Crippen molar-refractivity contribution in [1.29, 1.82) is 0 Å². The first-order valence-electron chi connectivity index (χ1n) is 10.5. The van der Waals surface area contributed by atoms with Gasteiger partial charge in [-0.25, -0.2) is 0 Å². The summed E-state index contributed by atoms with van der Waals surface area (Å²) < 4.78 is 0. The van der Waals surface area contributed by atoms with E-state index in [2.05, 4.69) is 0 Å². The first-order valence-corrected chi connectivity index (χ1v) is 12.0. The van der Waals surface area contributed by atoms with E-state index in [0.29, 0.717) is 0 Å². The van der Waals surface area contributed by atoms with Gasteiger partial charge in [0.1, 0.15) is 0 Å². The van der Waals surface area contributed by atoms with Crippen molar-refractivity contribution in [3.8, 4) is 0 Å². The third kappa shape index (κ3) is 18.1. The lowest BCUT2D eigenvalue weighted by Crippen LogP contribution is -2.15. The van der Waals surface area contributed by atoms with Crippen LogP contribution in [0.15, 0.2) is 72.1 Å². The minimum absolute atomic E-state index is 0.191. The largest absolute Gasteiger partial charge is 0.394 e. The van der Waals surface area contributed by atoms with E-state index >= 15 is 0 Å². The van der Waals surface area contributed by atoms with Gasteiger partial charge in [0.15, 0.2) is 17.3 Å². The minimum Gasteiger partial charge on any atom is -0.394 e. The fourth-order valence-electron chi connectivity index (χ4n) is 2.18. The summed E-state index contributed by atoms with van der Waals surface area (Å²) in [4.78, 5) is 34.9. The van der Waals surface area contributed by atoms with E-state index < -0.39 is 46.1 Å². The number of allylic oxidation sites excluding steroid dienone is 9. The fraction of sp³-hybridized carbons (Fsp3) is 0.375. The van der Waals surface area contributed by atoms with Gasteiger partial charge < -0.3 is 30.6 Å². The fourth-order valence-corrected chi connectivity index (χ4v) is 3.37. The van der Waals surface area contributed by atoms with Crippen LogP contribution in [0.1, 0.15) is 19.3 Å². The van der Waals surface area contributed by atoms with Crippen LogP contribution >= 0.6 is 7.92 Å². The standard InChI is InChI=1S/C24H33O9P/c25-16-22(31)13-19(28)7-1-4-10-34(11-5-2-8-20(29)14-23(32)17-26)12-6-3-9-21(30)15-24(33)18-27/h1-12,22-27,31-33H,13-18H2. The Balaban J connectivity index is 5.15. The van der Waals surface area contributed by atoms with Crippen LogP contribution in [-0.4, -0.2) is 86.1 Å². The van der Waals surface area contributed by atoms with Gasteiger partial charge in [0, 0.05) is 19.3 Å². The Hall–Kier alpha value is -2.36. The lowest BCUT2D eigenvalue weighted by atomic mass is 10.2. The summed E-state index contributed by atoms with van der Waals surface area (Å²) in [6, 6.07) is 0. The zero-order valence-corrected chi connectivity index (χ0v) is 19.7.